The van der Waals surface area contributed by atoms with Gasteiger partial charge in [-0.15, -0.1) is 0 Å². The van der Waals surface area contributed by atoms with Gasteiger partial charge < -0.3 is 4.74 Å². The molecule has 0 saturated carbocycles. The summed E-state index contributed by atoms with van der Waals surface area (Å²) in [5, 5.41) is 4.47. The third-order valence-electron chi connectivity index (χ3n) is 5.74. The Labute approximate surface area is 194 Å². The highest BCUT2D eigenvalue weighted by Gasteiger charge is 2.11. The van der Waals surface area contributed by atoms with Crippen LogP contribution in [-0.2, 0) is 0 Å². The maximum Gasteiger partial charge on any atom is 0.118 e. The summed E-state index contributed by atoms with van der Waals surface area (Å²) in [5.41, 5.74) is 5.26. The van der Waals surface area contributed by atoms with Gasteiger partial charge in [0.25, 0.3) is 0 Å². The number of ether oxygens (including phenoxy) is 1. The van der Waals surface area contributed by atoms with Gasteiger partial charge in [-0.2, -0.15) is 0 Å². The molecule has 5 aromatic rings. The molecule has 1 heteroatoms. The molecular formula is C32H22O. The molecule has 0 amide bonds. The van der Waals surface area contributed by atoms with Crippen LogP contribution in [0.4, 0.5) is 0 Å². The molecule has 1 nitrogen and oxygen atoms in total. The van der Waals surface area contributed by atoms with E-state index in [0.717, 1.165) is 49.5 Å². The number of rotatable bonds is 1. The fraction of sp³-hybridized carbons (Fsp3) is 0.0625. The summed E-state index contributed by atoms with van der Waals surface area (Å²) in [6.07, 6.45) is 0. The van der Waals surface area contributed by atoms with Crippen LogP contribution < -0.4 is 4.74 Å². The third kappa shape index (κ3) is 4.18. The number of fused-ring (bicyclic) bond motifs is 2. The van der Waals surface area contributed by atoms with Crippen molar-refractivity contribution in [3.8, 4) is 29.4 Å². The van der Waals surface area contributed by atoms with E-state index in [-0.39, 0.29) is 0 Å². The summed E-state index contributed by atoms with van der Waals surface area (Å²) in [5.74, 6) is 14.4. The smallest absolute Gasteiger partial charge is 0.118 e. The van der Waals surface area contributed by atoms with Crippen LogP contribution >= 0.6 is 0 Å². The van der Waals surface area contributed by atoms with Gasteiger partial charge in [0, 0.05) is 22.3 Å². The molecule has 5 rings (SSSR count). The highest BCUT2D eigenvalue weighted by Crippen LogP contribution is 2.32. The van der Waals surface area contributed by atoms with Crippen molar-refractivity contribution < 1.29 is 4.74 Å². The Hall–Kier alpha value is -4.46. The van der Waals surface area contributed by atoms with E-state index in [0.29, 0.717) is 0 Å². The van der Waals surface area contributed by atoms with E-state index in [4.69, 9.17) is 4.74 Å². The van der Waals surface area contributed by atoms with Gasteiger partial charge in [-0.3, -0.25) is 0 Å². The van der Waals surface area contributed by atoms with Crippen LogP contribution in [0.1, 0.15) is 27.8 Å². The Morgan fingerprint density at radius 1 is 0.485 bits per heavy atom. The lowest BCUT2D eigenvalue weighted by molar-refractivity contribution is 0.415. The van der Waals surface area contributed by atoms with Crippen LogP contribution in [-0.4, -0.2) is 7.11 Å². The molecule has 0 fully saturated rings. The predicted molar refractivity (Wildman–Crippen MR) is 138 cm³/mol. The molecule has 0 heterocycles. The van der Waals surface area contributed by atoms with Crippen molar-refractivity contribution in [2.45, 2.75) is 6.92 Å². The van der Waals surface area contributed by atoms with E-state index in [2.05, 4.69) is 103 Å². The van der Waals surface area contributed by atoms with E-state index in [9.17, 15) is 0 Å². The van der Waals surface area contributed by atoms with E-state index in [1.54, 1.807) is 7.11 Å². The first-order valence-electron chi connectivity index (χ1n) is 10.9. The average molecular weight is 423 g/mol. The third-order valence-corrected chi connectivity index (χ3v) is 5.74. The highest BCUT2D eigenvalue weighted by atomic mass is 16.5. The monoisotopic (exact) mass is 422 g/mol. The topological polar surface area (TPSA) is 9.23 Å². The second kappa shape index (κ2) is 8.96. The normalized spacial score (nSPS) is 10.2. The summed E-state index contributed by atoms with van der Waals surface area (Å²) < 4.78 is 5.26. The molecule has 0 aliphatic rings. The second-order valence-electron chi connectivity index (χ2n) is 7.94. The Morgan fingerprint density at radius 3 is 1.27 bits per heavy atom. The molecule has 0 radical (unpaired) electrons. The first kappa shape index (κ1) is 20.4. The fourth-order valence-electron chi connectivity index (χ4n) is 3.98. The van der Waals surface area contributed by atoms with Gasteiger partial charge in [0.1, 0.15) is 5.75 Å². The summed E-state index contributed by atoms with van der Waals surface area (Å²) in [7, 11) is 1.67. The molecule has 0 saturated heterocycles. The molecule has 0 N–H and O–H groups in total. The minimum Gasteiger partial charge on any atom is -0.497 e. The summed E-state index contributed by atoms with van der Waals surface area (Å²) in [4.78, 5) is 0. The number of aryl methyl sites for hydroxylation is 1. The van der Waals surface area contributed by atoms with Crippen LogP contribution in [0.15, 0.2) is 97.1 Å². The number of benzene rings is 5. The highest BCUT2D eigenvalue weighted by molar-refractivity contribution is 6.09. The van der Waals surface area contributed by atoms with Crippen molar-refractivity contribution in [1.82, 2.24) is 0 Å². The van der Waals surface area contributed by atoms with Crippen LogP contribution in [0.25, 0.3) is 21.5 Å². The molecule has 0 unspecified atom stereocenters. The molecule has 5 aromatic carbocycles. The molecule has 0 aromatic heterocycles. The van der Waals surface area contributed by atoms with Gasteiger partial charge in [0.15, 0.2) is 0 Å². The average Bonchev–Trinajstić information content (AvgIpc) is 2.87. The van der Waals surface area contributed by atoms with E-state index < -0.39 is 0 Å². The van der Waals surface area contributed by atoms with Crippen molar-refractivity contribution in [2.75, 3.05) is 7.11 Å². The van der Waals surface area contributed by atoms with Crippen molar-refractivity contribution in [1.29, 1.82) is 0 Å². The van der Waals surface area contributed by atoms with Gasteiger partial charge in [0.05, 0.1) is 7.11 Å². The van der Waals surface area contributed by atoms with Crippen molar-refractivity contribution >= 4 is 21.5 Å². The van der Waals surface area contributed by atoms with Crippen LogP contribution in [0, 0.1) is 30.6 Å². The molecular weight excluding hydrogens is 400 g/mol. The second-order valence-corrected chi connectivity index (χ2v) is 7.94. The quantitative estimate of drug-likeness (QED) is 0.207. The van der Waals surface area contributed by atoms with Gasteiger partial charge in [0.2, 0.25) is 0 Å². The molecule has 0 aliphatic heterocycles. The zero-order chi connectivity index (χ0) is 22.6. The zero-order valence-electron chi connectivity index (χ0n) is 18.6. The van der Waals surface area contributed by atoms with Crippen LogP contribution in [0.2, 0.25) is 0 Å². The number of hydrogen-bond acceptors (Lipinski definition) is 1. The Morgan fingerprint density at radius 2 is 0.879 bits per heavy atom. The SMILES string of the molecule is COc1ccc(C#Cc2c3ccccc3c(C#Cc3ccc(C)cc3)c3ccccc23)cc1. The lowest BCUT2D eigenvalue weighted by atomic mass is 9.92. The summed E-state index contributed by atoms with van der Waals surface area (Å²) >= 11 is 0. The molecule has 0 aliphatic carbocycles. The van der Waals surface area contributed by atoms with E-state index >= 15 is 0 Å². The largest absolute Gasteiger partial charge is 0.497 e. The molecule has 0 bridgehead atoms. The van der Waals surface area contributed by atoms with Crippen LogP contribution in [0.3, 0.4) is 0 Å². The maximum atomic E-state index is 5.26. The lowest BCUT2D eigenvalue weighted by Gasteiger charge is -2.10. The number of hydrogen-bond donors (Lipinski definition) is 0. The number of methoxy groups -OCH3 is 1. The summed E-state index contributed by atoms with van der Waals surface area (Å²) in [6.45, 7) is 2.09. The minimum absolute atomic E-state index is 0.827. The van der Waals surface area contributed by atoms with Gasteiger partial charge in [-0.05, 0) is 64.9 Å². The zero-order valence-corrected chi connectivity index (χ0v) is 18.6. The van der Waals surface area contributed by atoms with Gasteiger partial charge in [-0.1, -0.05) is 89.9 Å². The Bertz CT molecular complexity index is 1530. The van der Waals surface area contributed by atoms with Gasteiger partial charge >= 0.3 is 0 Å². The maximum absolute atomic E-state index is 5.26. The Kier molecular flexibility index (Phi) is 5.55. The first-order chi connectivity index (χ1) is 16.2. The molecule has 156 valence electrons. The Balaban J connectivity index is 1.72. The van der Waals surface area contributed by atoms with E-state index in [1.807, 2.05) is 24.3 Å². The predicted octanol–water partition coefficient (Wildman–Crippen LogP) is 7.11. The molecule has 0 atom stereocenters. The molecule has 33 heavy (non-hydrogen) atoms. The molecule has 0 spiro atoms. The van der Waals surface area contributed by atoms with Crippen LogP contribution in [0.5, 0.6) is 5.75 Å². The van der Waals surface area contributed by atoms with Crippen molar-refractivity contribution in [2.24, 2.45) is 0 Å². The lowest BCUT2D eigenvalue weighted by Crippen LogP contribution is -1.90. The van der Waals surface area contributed by atoms with Crippen molar-refractivity contribution in [3.05, 3.63) is 125 Å². The summed E-state index contributed by atoms with van der Waals surface area (Å²) in [6, 6.07) is 33.0. The van der Waals surface area contributed by atoms with Gasteiger partial charge in [-0.25, -0.2) is 0 Å². The fourth-order valence-corrected chi connectivity index (χ4v) is 3.98. The van der Waals surface area contributed by atoms with E-state index in [1.165, 1.54) is 5.56 Å². The van der Waals surface area contributed by atoms with Crippen molar-refractivity contribution in [3.63, 3.8) is 0 Å². The first-order valence-corrected chi connectivity index (χ1v) is 10.9. The standard InChI is InChI=1S/C32H22O/c1-23-11-13-24(14-12-23)17-21-31-27-7-3-5-9-29(27)32(30-10-6-4-8-28(30)31)22-18-25-15-19-26(33-2)20-16-25/h3-16,19-20H,1-2H3. The minimum atomic E-state index is 0.827.